The molecule has 0 saturated carbocycles. The first-order valence-corrected chi connectivity index (χ1v) is 52.0. The number of ether oxygens (including phenoxy) is 4. The van der Waals surface area contributed by atoms with E-state index in [1.54, 1.807) is 0 Å². The lowest BCUT2D eigenvalue weighted by molar-refractivity contribution is -0.161. The molecule has 0 aromatic rings. The van der Waals surface area contributed by atoms with Gasteiger partial charge in [-0.25, -0.2) is 9.13 Å². The van der Waals surface area contributed by atoms with Crippen LogP contribution in [0.5, 0.6) is 0 Å². The molecule has 678 valence electrons. The van der Waals surface area contributed by atoms with Crippen molar-refractivity contribution in [3.05, 3.63) is 0 Å². The molecular weight excluding hydrogens is 1470 g/mol. The Kier molecular flexibility index (Phi) is 84.6. The van der Waals surface area contributed by atoms with E-state index in [2.05, 4.69) is 41.5 Å². The minimum atomic E-state index is -4.97. The minimum absolute atomic E-state index is 0.108. The average Bonchev–Trinajstić information content (AvgIpc) is 0.882. The molecule has 114 heavy (non-hydrogen) atoms. The number of aliphatic hydroxyl groups excluding tert-OH is 1. The van der Waals surface area contributed by atoms with Gasteiger partial charge in [0.05, 0.1) is 26.4 Å². The van der Waals surface area contributed by atoms with Crippen LogP contribution in [0.2, 0.25) is 0 Å². The molecule has 2 unspecified atom stereocenters. The van der Waals surface area contributed by atoms with Gasteiger partial charge in [0.25, 0.3) is 0 Å². The highest BCUT2D eigenvalue weighted by atomic mass is 31.2. The Morgan fingerprint density at radius 2 is 0.404 bits per heavy atom. The molecule has 17 nitrogen and oxygen atoms in total. The van der Waals surface area contributed by atoms with E-state index < -0.39 is 97.5 Å². The van der Waals surface area contributed by atoms with E-state index in [0.717, 1.165) is 102 Å². The first-order valence-electron chi connectivity index (χ1n) is 49.0. The third kappa shape index (κ3) is 87.9. The van der Waals surface area contributed by atoms with Gasteiger partial charge in [0.15, 0.2) is 12.2 Å². The highest BCUT2D eigenvalue weighted by Gasteiger charge is 2.31. The predicted octanol–water partition coefficient (Wildman–Crippen LogP) is 29.7. The molecule has 0 aromatic heterocycles. The molecular formula is C95H186O17P2. The van der Waals surface area contributed by atoms with Gasteiger partial charge in [-0.15, -0.1) is 0 Å². The largest absolute Gasteiger partial charge is 0.472 e. The van der Waals surface area contributed by atoms with Crippen molar-refractivity contribution in [2.75, 3.05) is 39.6 Å². The first kappa shape index (κ1) is 112. The number of hydrogen-bond donors (Lipinski definition) is 3. The van der Waals surface area contributed by atoms with Crippen LogP contribution in [-0.2, 0) is 65.4 Å². The number of hydrogen-bond acceptors (Lipinski definition) is 15. The molecule has 0 aromatic carbocycles. The lowest BCUT2D eigenvalue weighted by Gasteiger charge is -2.21. The van der Waals surface area contributed by atoms with Crippen molar-refractivity contribution >= 4 is 39.5 Å². The Bertz CT molecular complexity index is 2170. The fourth-order valence-corrected chi connectivity index (χ4v) is 16.6. The topological polar surface area (TPSA) is 237 Å². The number of carbonyl (C=O) groups excluding carboxylic acids is 4. The predicted molar refractivity (Wildman–Crippen MR) is 474 cm³/mol. The summed E-state index contributed by atoms with van der Waals surface area (Å²) in [4.78, 5) is 73.4. The van der Waals surface area contributed by atoms with E-state index >= 15 is 0 Å². The summed E-state index contributed by atoms with van der Waals surface area (Å²) in [6, 6.07) is 0. The van der Waals surface area contributed by atoms with Gasteiger partial charge in [-0.05, 0) is 37.5 Å². The summed E-state index contributed by atoms with van der Waals surface area (Å²) in [7, 11) is -9.94. The summed E-state index contributed by atoms with van der Waals surface area (Å²) in [5.41, 5.74) is 0. The van der Waals surface area contributed by atoms with E-state index in [9.17, 15) is 43.2 Å². The second-order valence-corrected chi connectivity index (χ2v) is 38.0. The van der Waals surface area contributed by atoms with Crippen molar-refractivity contribution in [1.82, 2.24) is 0 Å². The summed E-state index contributed by atoms with van der Waals surface area (Å²) >= 11 is 0. The van der Waals surface area contributed by atoms with Crippen molar-refractivity contribution in [2.45, 2.75) is 535 Å². The Balaban J connectivity index is 5.17. The quantitative estimate of drug-likeness (QED) is 0.0222. The Morgan fingerprint density at radius 1 is 0.237 bits per heavy atom. The lowest BCUT2D eigenvalue weighted by Crippen LogP contribution is -2.30. The smallest absolute Gasteiger partial charge is 0.462 e. The number of rotatable bonds is 94. The number of phosphoric ester groups is 2. The Morgan fingerprint density at radius 3 is 0.596 bits per heavy atom. The van der Waals surface area contributed by atoms with E-state index in [0.29, 0.717) is 31.6 Å². The van der Waals surface area contributed by atoms with Crippen molar-refractivity contribution < 1.29 is 80.2 Å². The second kappa shape index (κ2) is 86.0. The first-order chi connectivity index (χ1) is 55.4. The second-order valence-electron chi connectivity index (χ2n) is 35.1. The summed E-state index contributed by atoms with van der Waals surface area (Å²) in [5.74, 6) is -0.597. The normalized spacial score (nSPS) is 13.7. The lowest BCUT2D eigenvalue weighted by atomic mass is 10.0. The zero-order chi connectivity index (χ0) is 83.4. The molecule has 0 bridgehead atoms. The van der Waals surface area contributed by atoms with Crippen LogP contribution >= 0.6 is 15.6 Å². The molecule has 0 amide bonds. The maximum atomic E-state index is 13.2. The van der Waals surface area contributed by atoms with Crippen molar-refractivity contribution in [1.29, 1.82) is 0 Å². The zero-order valence-corrected chi connectivity index (χ0v) is 77.2. The van der Waals surface area contributed by atoms with Crippen molar-refractivity contribution in [3.8, 4) is 0 Å². The highest BCUT2D eigenvalue weighted by Crippen LogP contribution is 2.45. The van der Waals surface area contributed by atoms with Gasteiger partial charge in [0, 0.05) is 25.7 Å². The number of phosphoric acid groups is 2. The molecule has 19 heteroatoms. The van der Waals surface area contributed by atoms with E-state index in [1.165, 1.54) is 327 Å². The van der Waals surface area contributed by atoms with E-state index in [-0.39, 0.29) is 25.7 Å². The van der Waals surface area contributed by atoms with Gasteiger partial charge < -0.3 is 33.8 Å². The number of esters is 4. The molecule has 0 heterocycles. The third-order valence-corrected chi connectivity index (χ3v) is 24.4. The molecule has 0 spiro atoms. The summed E-state index contributed by atoms with van der Waals surface area (Å²) in [6.07, 6.45) is 82.6. The molecule has 0 fully saturated rings. The molecule has 0 saturated heterocycles. The third-order valence-electron chi connectivity index (χ3n) is 22.5. The van der Waals surface area contributed by atoms with Gasteiger partial charge in [-0.3, -0.25) is 37.3 Å². The van der Waals surface area contributed by atoms with E-state index in [1.807, 2.05) is 0 Å². The van der Waals surface area contributed by atoms with Gasteiger partial charge in [-0.2, -0.15) is 0 Å². The number of unbranched alkanes of at least 4 members (excludes halogenated alkanes) is 64. The van der Waals surface area contributed by atoms with Crippen molar-refractivity contribution in [2.24, 2.45) is 11.8 Å². The van der Waals surface area contributed by atoms with Crippen LogP contribution in [0, 0.1) is 11.8 Å². The molecule has 5 atom stereocenters. The van der Waals surface area contributed by atoms with Gasteiger partial charge in [0.1, 0.15) is 19.3 Å². The Hall–Kier alpha value is -1.94. The van der Waals surface area contributed by atoms with Crippen molar-refractivity contribution in [3.63, 3.8) is 0 Å². The molecule has 0 aliphatic rings. The minimum Gasteiger partial charge on any atom is -0.462 e. The van der Waals surface area contributed by atoms with Gasteiger partial charge in [-0.1, -0.05) is 465 Å². The standard InChI is InChI=1S/C95H186O17P2/c1-7-9-11-13-15-17-19-21-23-25-27-29-31-33-38-42-46-50-54-58-65-71-77-92(97)105-83-90(111-94(99)79-73-67-59-55-51-47-43-39-34-32-30-28-26-24-22-20-18-16-14-12-10-8-2)85-109-113(101,102)107-81-89(96)82-108-114(103,104)110-86-91(84-106-93(98)78-72-66-62-61-64-70-76-88(5)6)112-95(100)80-74-68-60-56-52-48-44-40-36-35-37-41-45-49-53-57-63-69-75-87(3)4/h87-91,96H,7-86H2,1-6H3,(H,101,102)(H,103,104)/t89-,90-,91-/m1/s1. The number of aliphatic hydroxyl groups is 1. The average molecular weight is 1660 g/mol. The fraction of sp³-hybridized carbons (Fsp3) is 0.958. The van der Waals surface area contributed by atoms with Crippen LogP contribution in [0.25, 0.3) is 0 Å². The van der Waals surface area contributed by atoms with Crippen LogP contribution in [0.4, 0.5) is 0 Å². The van der Waals surface area contributed by atoms with Crippen LogP contribution in [-0.4, -0.2) is 96.7 Å². The van der Waals surface area contributed by atoms with Crippen LogP contribution in [0.1, 0.15) is 517 Å². The molecule has 0 aliphatic carbocycles. The highest BCUT2D eigenvalue weighted by molar-refractivity contribution is 7.47. The zero-order valence-electron chi connectivity index (χ0n) is 75.4. The molecule has 0 rings (SSSR count). The Labute approximate surface area is 702 Å². The van der Waals surface area contributed by atoms with Crippen LogP contribution in [0.15, 0.2) is 0 Å². The maximum absolute atomic E-state index is 13.2. The molecule has 3 N–H and O–H groups in total. The van der Waals surface area contributed by atoms with E-state index in [4.69, 9.17) is 37.0 Å². The summed E-state index contributed by atoms with van der Waals surface area (Å²) in [6.45, 7) is 9.67. The maximum Gasteiger partial charge on any atom is 0.472 e. The van der Waals surface area contributed by atoms with Crippen LogP contribution < -0.4 is 0 Å². The SMILES string of the molecule is CCCCCCCCCCCCCCCCCCCCCCCCC(=O)OC[C@H](COP(=O)(O)OC[C@@H](O)COP(=O)(O)OC[C@@H](COC(=O)CCCCCCCCC(C)C)OC(=O)CCCCCCCCCCCCCCCCCCCCC(C)C)OC(=O)CCCCCCCCCCCCCCCCCCCCCCCC. The monoisotopic (exact) mass is 1660 g/mol. The molecule has 0 aliphatic heterocycles. The van der Waals surface area contributed by atoms with Gasteiger partial charge >= 0.3 is 39.5 Å². The number of carbonyl (C=O) groups is 4. The fourth-order valence-electron chi connectivity index (χ4n) is 15.0. The molecule has 0 radical (unpaired) electrons. The van der Waals surface area contributed by atoms with Gasteiger partial charge in [0.2, 0.25) is 0 Å². The summed E-state index contributed by atoms with van der Waals surface area (Å²) < 4.78 is 69.1. The van der Waals surface area contributed by atoms with Crippen LogP contribution in [0.3, 0.4) is 0 Å². The summed E-state index contributed by atoms with van der Waals surface area (Å²) in [5, 5.41) is 10.7.